The third-order valence-electron chi connectivity index (χ3n) is 2.63. The second-order valence-electron chi connectivity index (χ2n) is 4.98. The predicted octanol–water partition coefficient (Wildman–Crippen LogP) is 0.834. The fraction of sp³-hybridized carbons (Fsp3) is 0.833. The standard InChI is InChI=1S/C12H24N2O3/c1-8(2)4-10(5-11(15)16)7-14-12(17)9(3)6-13/h8-10H,4-7,13H2,1-3H3,(H,14,17)(H,15,16)/t9?,10-/m0/s1. The fourth-order valence-electron chi connectivity index (χ4n) is 1.68. The molecule has 1 unspecified atom stereocenters. The first-order chi connectivity index (χ1) is 7.86. The van der Waals surface area contributed by atoms with Crippen LogP contribution in [0.4, 0.5) is 0 Å². The van der Waals surface area contributed by atoms with Crippen LogP contribution in [0.5, 0.6) is 0 Å². The molecule has 0 aromatic carbocycles. The quantitative estimate of drug-likeness (QED) is 0.589. The van der Waals surface area contributed by atoms with Crippen LogP contribution in [0.25, 0.3) is 0 Å². The molecular weight excluding hydrogens is 220 g/mol. The molecule has 0 heterocycles. The average Bonchev–Trinajstić information content (AvgIpc) is 2.22. The van der Waals surface area contributed by atoms with Crippen LogP contribution in [0.2, 0.25) is 0 Å². The number of carbonyl (C=O) groups excluding carboxylic acids is 1. The summed E-state index contributed by atoms with van der Waals surface area (Å²) in [6, 6.07) is 0. The molecule has 17 heavy (non-hydrogen) atoms. The molecule has 2 atom stereocenters. The SMILES string of the molecule is CC(C)C[C@H](CNC(=O)C(C)CN)CC(=O)O. The smallest absolute Gasteiger partial charge is 0.303 e. The summed E-state index contributed by atoms with van der Waals surface area (Å²) in [7, 11) is 0. The molecular formula is C12H24N2O3. The molecule has 0 radical (unpaired) electrons. The number of carbonyl (C=O) groups is 2. The lowest BCUT2D eigenvalue weighted by atomic mass is 9.94. The van der Waals surface area contributed by atoms with Gasteiger partial charge in [-0.2, -0.15) is 0 Å². The van der Waals surface area contributed by atoms with E-state index < -0.39 is 5.97 Å². The molecule has 0 saturated heterocycles. The van der Waals surface area contributed by atoms with E-state index in [-0.39, 0.29) is 24.2 Å². The van der Waals surface area contributed by atoms with Crippen LogP contribution in [-0.2, 0) is 9.59 Å². The molecule has 0 rings (SSSR count). The highest BCUT2D eigenvalue weighted by atomic mass is 16.4. The van der Waals surface area contributed by atoms with Crippen LogP contribution < -0.4 is 11.1 Å². The van der Waals surface area contributed by atoms with Gasteiger partial charge in [0.2, 0.25) is 5.91 Å². The van der Waals surface area contributed by atoms with Gasteiger partial charge in [-0.05, 0) is 18.3 Å². The monoisotopic (exact) mass is 244 g/mol. The normalized spacial score (nSPS) is 14.4. The Labute approximate surface area is 103 Å². The summed E-state index contributed by atoms with van der Waals surface area (Å²) in [5.41, 5.74) is 5.39. The predicted molar refractivity (Wildman–Crippen MR) is 66.4 cm³/mol. The van der Waals surface area contributed by atoms with Gasteiger partial charge in [0.25, 0.3) is 0 Å². The number of rotatable bonds is 8. The molecule has 0 saturated carbocycles. The van der Waals surface area contributed by atoms with Crippen molar-refractivity contribution < 1.29 is 14.7 Å². The van der Waals surface area contributed by atoms with Crippen molar-refractivity contribution >= 4 is 11.9 Å². The van der Waals surface area contributed by atoms with Crippen LogP contribution in [0.15, 0.2) is 0 Å². The summed E-state index contributed by atoms with van der Waals surface area (Å²) in [6.07, 6.45) is 0.888. The molecule has 1 amide bonds. The lowest BCUT2D eigenvalue weighted by molar-refractivity contribution is -0.138. The number of carboxylic acid groups (broad SMARTS) is 1. The highest BCUT2D eigenvalue weighted by Gasteiger charge is 2.17. The van der Waals surface area contributed by atoms with Crippen molar-refractivity contribution in [3.63, 3.8) is 0 Å². The zero-order valence-corrected chi connectivity index (χ0v) is 10.9. The van der Waals surface area contributed by atoms with Gasteiger partial charge in [0.05, 0.1) is 0 Å². The molecule has 0 fully saturated rings. The van der Waals surface area contributed by atoms with Gasteiger partial charge in [-0.25, -0.2) is 0 Å². The molecule has 0 aliphatic heterocycles. The van der Waals surface area contributed by atoms with Crippen molar-refractivity contribution in [2.75, 3.05) is 13.1 Å². The van der Waals surface area contributed by atoms with Crippen molar-refractivity contribution in [1.29, 1.82) is 0 Å². The van der Waals surface area contributed by atoms with Crippen LogP contribution in [-0.4, -0.2) is 30.1 Å². The molecule has 0 spiro atoms. The van der Waals surface area contributed by atoms with E-state index in [1.807, 2.05) is 13.8 Å². The number of hydrogen-bond donors (Lipinski definition) is 3. The van der Waals surface area contributed by atoms with Crippen molar-refractivity contribution in [3.05, 3.63) is 0 Å². The summed E-state index contributed by atoms with van der Waals surface area (Å²) in [4.78, 5) is 22.2. The van der Waals surface area contributed by atoms with Gasteiger partial charge in [0.1, 0.15) is 0 Å². The second-order valence-corrected chi connectivity index (χ2v) is 4.98. The van der Waals surface area contributed by atoms with Crippen molar-refractivity contribution in [1.82, 2.24) is 5.32 Å². The summed E-state index contributed by atoms with van der Waals surface area (Å²) >= 11 is 0. The number of amides is 1. The molecule has 0 aromatic rings. The second kappa shape index (κ2) is 8.06. The Morgan fingerprint density at radius 2 is 1.88 bits per heavy atom. The highest BCUT2D eigenvalue weighted by molar-refractivity contribution is 5.78. The van der Waals surface area contributed by atoms with E-state index >= 15 is 0 Å². The van der Waals surface area contributed by atoms with Crippen LogP contribution >= 0.6 is 0 Å². The Hall–Kier alpha value is -1.10. The topological polar surface area (TPSA) is 92.4 Å². The number of carboxylic acids is 1. The van der Waals surface area contributed by atoms with E-state index in [1.165, 1.54) is 0 Å². The Kier molecular flexibility index (Phi) is 7.54. The van der Waals surface area contributed by atoms with Crippen molar-refractivity contribution in [2.45, 2.75) is 33.6 Å². The first kappa shape index (κ1) is 15.9. The zero-order valence-electron chi connectivity index (χ0n) is 10.9. The maximum absolute atomic E-state index is 11.5. The number of nitrogens with two attached hydrogens (primary N) is 1. The molecule has 0 aromatic heterocycles. The highest BCUT2D eigenvalue weighted by Crippen LogP contribution is 2.14. The van der Waals surface area contributed by atoms with Gasteiger partial charge in [-0.1, -0.05) is 20.8 Å². The Bertz CT molecular complexity index is 254. The summed E-state index contributed by atoms with van der Waals surface area (Å²) in [5.74, 6) is -0.743. The van der Waals surface area contributed by atoms with E-state index in [4.69, 9.17) is 10.8 Å². The van der Waals surface area contributed by atoms with Crippen LogP contribution in [0, 0.1) is 17.8 Å². The van der Waals surface area contributed by atoms with Gasteiger partial charge in [-0.3, -0.25) is 9.59 Å². The molecule has 0 aliphatic rings. The Morgan fingerprint density at radius 3 is 2.29 bits per heavy atom. The first-order valence-electron chi connectivity index (χ1n) is 6.06. The minimum absolute atomic E-state index is 0.0126. The van der Waals surface area contributed by atoms with E-state index in [1.54, 1.807) is 6.92 Å². The molecule has 5 nitrogen and oxygen atoms in total. The van der Waals surface area contributed by atoms with Gasteiger partial charge < -0.3 is 16.2 Å². The summed E-state index contributed by atoms with van der Waals surface area (Å²) in [5, 5.41) is 11.5. The average molecular weight is 244 g/mol. The maximum atomic E-state index is 11.5. The van der Waals surface area contributed by atoms with Gasteiger partial charge in [0.15, 0.2) is 0 Å². The third-order valence-corrected chi connectivity index (χ3v) is 2.63. The summed E-state index contributed by atoms with van der Waals surface area (Å²) < 4.78 is 0. The minimum Gasteiger partial charge on any atom is -0.481 e. The van der Waals surface area contributed by atoms with Gasteiger partial charge in [-0.15, -0.1) is 0 Å². The van der Waals surface area contributed by atoms with Crippen molar-refractivity contribution in [3.8, 4) is 0 Å². The van der Waals surface area contributed by atoms with Gasteiger partial charge >= 0.3 is 5.97 Å². The Morgan fingerprint density at radius 1 is 1.29 bits per heavy atom. The number of aliphatic carboxylic acids is 1. The minimum atomic E-state index is -0.822. The number of hydrogen-bond acceptors (Lipinski definition) is 3. The molecule has 0 bridgehead atoms. The van der Waals surface area contributed by atoms with E-state index in [0.29, 0.717) is 19.0 Å². The molecule has 0 aliphatic carbocycles. The Balaban J connectivity index is 4.15. The third kappa shape index (κ3) is 7.74. The lowest BCUT2D eigenvalue weighted by Gasteiger charge is -2.19. The maximum Gasteiger partial charge on any atom is 0.303 e. The summed E-state index contributed by atoms with van der Waals surface area (Å²) in [6.45, 7) is 6.55. The molecule has 5 heteroatoms. The fourth-order valence-corrected chi connectivity index (χ4v) is 1.68. The van der Waals surface area contributed by atoms with Gasteiger partial charge in [0, 0.05) is 25.4 Å². The van der Waals surface area contributed by atoms with Crippen molar-refractivity contribution in [2.24, 2.45) is 23.5 Å². The molecule has 100 valence electrons. The lowest BCUT2D eigenvalue weighted by Crippen LogP contribution is -2.37. The largest absolute Gasteiger partial charge is 0.481 e. The number of nitrogens with one attached hydrogen (secondary N) is 1. The van der Waals surface area contributed by atoms with E-state index in [9.17, 15) is 9.59 Å². The van der Waals surface area contributed by atoms with Crippen LogP contribution in [0.3, 0.4) is 0 Å². The van der Waals surface area contributed by atoms with E-state index in [2.05, 4.69) is 5.32 Å². The zero-order chi connectivity index (χ0) is 13.4. The molecule has 4 N–H and O–H groups in total. The van der Waals surface area contributed by atoms with E-state index in [0.717, 1.165) is 6.42 Å². The first-order valence-corrected chi connectivity index (χ1v) is 6.06. The van der Waals surface area contributed by atoms with Crippen LogP contribution in [0.1, 0.15) is 33.6 Å².